The van der Waals surface area contributed by atoms with Crippen LogP contribution in [-0.4, -0.2) is 27.1 Å². The molecule has 2 N–H and O–H groups in total. The van der Waals surface area contributed by atoms with Gasteiger partial charge in [-0.05, 0) is 26.3 Å². The van der Waals surface area contributed by atoms with Crippen molar-refractivity contribution < 1.29 is 9.59 Å². The number of aryl methyl sites for hydroxylation is 1. The minimum absolute atomic E-state index is 0.151. The van der Waals surface area contributed by atoms with E-state index in [4.69, 9.17) is 0 Å². The summed E-state index contributed by atoms with van der Waals surface area (Å²) in [4.78, 5) is 24.2. The first kappa shape index (κ1) is 16.7. The van der Waals surface area contributed by atoms with Crippen molar-refractivity contribution in [1.29, 1.82) is 0 Å². The summed E-state index contributed by atoms with van der Waals surface area (Å²) in [6.07, 6.45) is 0.273. The van der Waals surface area contributed by atoms with E-state index in [1.54, 1.807) is 13.1 Å². The lowest BCUT2D eigenvalue weighted by atomic mass is 10.1. The molecule has 0 unspecified atom stereocenters. The van der Waals surface area contributed by atoms with Gasteiger partial charge in [0.05, 0.1) is 6.42 Å². The SMILES string of the molecule is Cn1nc(C(=O)NC(C)(C)C)cc1NC(=O)Cc1ccccc1. The highest BCUT2D eigenvalue weighted by Crippen LogP contribution is 2.11. The van der Waals surface area contributed by atoms with Crippen molar-refractivity contribution in [2.75, 3.05) is 5.32 Å². The Hall–Kier alpha value is -2.63. The van der Waals surface area contributed by atoms with Crippen molar-refractivity contribution in [3.63, 3.8) is 0 Å². The molecule has 122 valence electrons. The molecule has 1 heterocycles. The molecule has 2 rings (SSSR count). The van der Waals surface area contributed by atoms with Crippen LogP contribution in [-0.2, 0) is 18.3 Å². The molecule has 6 heteroatoms. The molecule has 0 saturated heterocycles. The summed E-state index contributed by atoms with van der Waals surface area (Å²) in [6.45, 7) is 5.70. The standard InChI is InChI=1S/C17H22N4O2/c1-17(2,3)19-16(23)13-11-14(21(4)20-13)18-15(22)10-12-8-6-5-7-9-12/h5-9,11H,10H2,1-4H3,(H,18,22)(H,19,23). The van der Waals surface area contributed by atoms with Crippen LogP contribution in [0.2, 0.25) is 0 Å². The van der Waals surface area contributed by atoms with Crippen molar-refractivity contribution in [2.45, 2.75) is 32.7 Å². The number of carbonyl (C=O) groups excluding carboxylic acids is 2. The Bertz CT molecular complexity index is 699. The number of rotatable bonds is 4. The predicted octanol–water partition coefficient (Wildman–Crippen LogP) is 2.13. The number of carbonyl (C=O) groups is 2. The molecule has 0 aliphatic carbocycles. The van der Waals surface area contributed by atoms with Gasteiger partial charge in [-0.2, -0.15) is 5.10 Å². The number of nitrogens with one attached hydrogen (secondary N) is 2. The van der Waals surface area contributed by atoms with Crippen LogP contribution in [0.5, 0.6) is 0 Å². The second-order valence-corrected chi connectivity index (χ2v) is 6.45. The van der Waals surface area contributed by atoms with Gasteiger partial charge < -0.3 is 10.6 Å². The normalized spacial score (nSPS) is 11.1. The van der Waals surface area contributed by atoms with Crippen molar-refractivity contribution >= 4 is 17.6 Å². The summed E-state index contributed by atoms with van der Waals surface area (Å²) < 4.78 is 1.49. The number of hydrogen-bond acceptors (Lipinski definition) is 3. The number of anilines is 1. The second-order valence-electron chi connectivity index (χ2n) is 6.45. The molecule has 2 amide bonds. The largest absolute Gasteiger partial charge is 0.346 e. The molecule has 23 heavy (non-hydrogen) atoms. The molecule has 0 spiro atoms. The Labute approximate surface area is 135 Å². The van der Waals surface area contributed by atoms with E-state index in [0.717, 1.165) is 5.56 Å². The molecule has 0 radical (unpaired) electrons. The Morgan fingerprint density at radius 1 is 1.17 bits per heavy atom. The van der Waals surface area contributed by atoms with Crippen molar-refractivity contribution in [1.82, 2.24) is 15.1 Å². The number of nitrogens with zero attached hydrogens (tertiary/aromatic N) is 2. The van der Waals surface area contributed by atoms with Crippen molar-refractivity contribution in [3.8, 4) is 0 Å². The molecule has 6 nitrogen and oxygen atoms in total. The Morgan fingerprint density at radius 2 is 1.83 bits per heavy atom. The summed E-state index contributed by atoms with van der Waals surface area (Å²) in [5.74, 6) is 0.0728. The van der Waals surface area contributed by atoms with Crippen LogP contribution in [0.15, 0.2) is 36.4 Å². The zero-order valence-corrected chi connectivity index (χ0v) is 13.9. The first-order chi connectivity index (χ1) is 10.7. The highest BCUT2D eigenvalue weighted by Gasteiger charge is 2.19. The molecular formula is C17H22N4O2. The van der Waals surface area contributed by atoms with Gasteiger partial charge in [0, 0.05) is 18.7 Å². The topological polar surface area (TPSA) is 76.0 Å². The van der Waals surface area contributed by atoms with E-state index in [1.165, 1.54) is 4.68 Å². The summed E-state index contributed by atoms with van der Waals surface area (Å²) in [6, 6.07) is 11.0. The fraction of sp³-hybridized carbons (Fsp3) is 0.353. The van der Waals surface area contributed by atoms with Crippen molar-refractivity contribution in [2.24, 2.45) is 7.05 Å². The summed E-state index contributed by atoms with van der Waals surface area (Å²) >= 11 is 0. The minimum Gasteiger partial charge on any atom is -0.346 e. The van der Waals surface area contributed by atoms with Crippen LogP contribution >= 0.6 is 0 Å². The number of benzene rings is 1. The third kappa shape index (κ3) is 4.95. The van der Waals surface area contributed by atoms with E-state index in [1.807, 2.05) is 51.1 Å². The fourth-order valence-corrected chi connectivity index (χ4v) is 2.07. The predicted molar refractivity (Wildman–Crippen MR) is 89.2 cm³/mol. The summed E-state index contributed by atoms with van der Waals surface area (Å²) in [5, 5.41) is 9.76. The van der Waals surface area contributed by atoms with E-state index in [9.17, 15) is 9.59 Å². The highest BCUT2D eigenvalue weighted by atomic mass is 16.2. The van der Waals surface area contributed by atoms with Crippen molar-refractivity contribution in [3.05, 3.63) is 47.7 Å². The van der Waals surface area contributed by atoms with Crippen LogP contribution in [0.1, 0.15) is 36.8 Å². The third-order valence-electron chi connectivity index (χ3n) is 3.08. The second kappa shape index (κ2) is 6.64. The lowest BCUT2D eigenvalue weighted by molar-refractivity contribution is -0.115. The molecule has 0 aliphatic rings. The molecule has 0 saturated carbocycles. The summed E-state index contributed by atoms with van der Waals surface area (Å²) in [5.41, 5.74) is 0.862. The molecular weight excluding hydrogens is 292 g/mol. The van der Waals surface area contributed by atoms with Gasteiger partial charge >= 0.3 is 0 Å². The lowest BCUT2D eigenvalue weighted by Gasteiger charge is -2.19. The number of aromatic nitrogens is 2. The molecule has 0 bridgehead atoms. The fourth-order valence-electron chi connectivity index (χ4n) is 2.07. The lowest BCUT2D eigenvalue weighted by Crippen LogP contribution is -2.40. The van der Waals surface area contributed by atoms with Gasteiger partial charge in [-0.15, -0.1) is 0 Å². The molecule has 0 aliphatic heterocycles. The summed E-state index contributed by atoms with van der Waals surface area (Å²) in [7, 11) is 1.69. The number of amides is 2. The molecule has 0 fully saturated rings. The maximum absolute atomic E-state index is 12.1. The van der Waals surface area contributed by atoms with E-state index >= 15 is 0 Å². The average Bonchev–Trinajstić information content (AvgIpc) is 2.79. The Kier molecular flexibility index (Phi) is 4.83. The first-order valence-corrected chi connectivity index (χ1v) is 7.45. The first-order valence-electron chi connectivity index (χ1n) is 7.45. The van der Waals surface area contributed by atoms with Gasteiger partial charge in [0.2, 0.25) is 5.91 Å². The van der Waals surface area contributed by atoms with Crippen LogP contribution in [0.25, 0.3) is 0 Å². The number of hydrogen-bond donors (Lipinski definition) is 2. The maximum atomic E-state index is 12.1. The van der Waals surface area contributed by atoms with Gasteiger partial charge in [-0.1, -0.05) is 30.3 Å². The third-order valence-corrected chi connectivity index (χ3v) is 3.08. The van der Waals surface area contributed by atoms with Gasteiger partial charge in [0.25, 0.3) is 5.91 Å². The minimum atomic E-state index is -0.342. The Morgan fingerprint density at radius 3 is 2.43 bits per heavy atom. The molecule has 1 aromatic heterocycles. The highest BCUT2D eigenvalue weighted by molar-refractivity contribution is 5.96. The average molecular weight is 314 g/mol. The van der Waals surface area contributed by atoms with Crippen LogP contribution in [0.3, 0.4) is 0 Å². The quantitative estimate of drug-likeness (QED) is 0.907. The maximum Gasteiger partial charge on any atom is 0.272 e. The van der Waals surface area contributed by atoms with Gasteiger partial charge in [-0.3, -0.25) is 14.3 Å². The van der Waals surface area contributed by atoms with Gasteiger partial charge in [0.1, 0.15) is 5.82 Å². The molecule has 2 aromatic rings. The smallest absolute Gasteiger partial charge is 0.272 e. The monoisotopic (exact) mass is 314 g/mol. The van der Waals surface area contributed by atoms with Gasteiger partial charge in [-0.25, -0.2) is 0 Å². The molecule has 0 atom stereocenters. The van der Waals surface area contributed by atoms with Crippen LogP contribution in [0, 0.1) is 0 Å². The zero-order valence-electron chi connectivity index (χ0n) is 13.9. The van der Waals surface area contributed by atoms with E-state index in [2.05, 4.69) is 15.7 Å². The van der Waals surface area contributed by atoms with Crippen LogP contribution < -0.4 is 10.6 Å². The van der Waals surface area contributed by atoms with Gasteiger partial charge in [0.15, 0.2) is 5.69 Å². The van der Waals surface area contributed by atoms with E-state index in [0.29, 0.717) is 5.82 Å². The van der Waals surface area contributed by atoms with Crippen LogP contribution in [0.4, 0.5) is 5.82 Å². The zero-order chi connectivity index (χ0) is 17.0. The Balaban J connectivity index is 2.04. The molecule has 1 aromatic carbocycles. The van der Waals surface area contributed by atoms with E-state index < -0.39 is 0 Å². The van der Waals surface area contributed by atoms with E-state index in [-0.39, 0.29) is 29.5 Å².